The summed E-state index contributed by atoms with van der Waals surface area (Å²) in [6, 6.07) is 81.6. The van der Waals surface area contributed by atoms with E-state index in [1.54, 1.807) is 10.6 Å². The molecule has 2 unspecified atom stereocenters. The van der Waals surface area contributed by atoms with Gasteiger partial charge in [-0.15, -0.1) is 0 Å². The molecule has 0 heterocycles. The summed E-state index contributed by atoms with van der Waals surface area (Å²) in [5.74, 6) is 0. The van der Waals surface area contributed by atoms with Gasteiger partial charge in [-0.2, -0.15) is 0 Å². The van der Waals surface area contributed by atoms with Crippen molar-refractivity contribution in [1.82, 2.24) is 0 Å². The molecule has 0 saturated carbocycles. The number of hydrogen-bond acceptors (Lipinski definition) is 0. The summed E-state index contributed by atoms with van der Waals surface area (Å²) in [6.45, 7) is 0. The van der Waals surface area contributed by atoms with Crippen LogP contribution in [0.5, 0.6) is 0 Å². The van der Waals surface area contributed by atoms with Gasteiger partial charge in [0, 0.05) is 0 Å². The molecule has 2 aliphatic rings. The second-order valence-corrected chi connectivity index (χ2v) is 21.3. The number of rotatable bonds is 10. The third-order valence-electron chi connectivity index (χ3n) is 11.2. The molecule has 2 atom stereocenters. The Balaban J connectivity index is 0.00000242. The predicted molar refractivity (Wildman–Crippen MR) is 243 cm³/mol. The Morgan fingerprint density at radius 2 is 0.593 bits per heavy atom. The molecule has 59 heavy (non-hydrogen) atoms. The molecule has 0 aliphatic heterocycles. The van der Waals surface area contributed by atoms with Crippen molar-refractivity contribution in [2.45, 2.75) is 8.45 Å². The summed E-state index contributed by atoms with van der Waals surface area (Å²) in [5.41, 5.74) is 11.0. The zero-order chi connectivity index (χ0) is 38.0. The molecule has 0 aromatic heterocycles. The fourth-order valence-electron chi connectivity index (χ4n) is 8.62. The largest absolute Gasteiger partial charge is 1.00 e. The maximum absolute atomic E-state index is 2.63. The molecule has 2 aliphatic carbocycles. The molecule has 284 valence electrons. The Kier molecular flexibility index (Phi) is 13.1. The summed E-state index contributed by atoms with van der Waals surface area (Å²) >= 11 is -0.755. The number of benzene rings is 8. The minimum atomic E-state index is -0.788. The van der Waals surface area contributed by atoms with E-state index < -0.39 is 35.0 Å². The average molecular weight is 870 g/mol. The van der Waals surface area contributed by atoms with Gasteiger partial charge in [-0.1, -0.05) is 0 Å². The topological polar surface area (TPSA) is 0 Å². The van der Waals surface area contributed by atoms with E-state index in [1.165, 1.54) is 65.7 Å². The quantitative estimate of drug-likeness (QED) is 0.104. The molecule has 0 fully saturated rings. The average Bonchev–Trinajstić information content (AvgIpc) is 3.84. The van der Waals surface area contributed by atoms with Crippen molar-refractivity contribution in [2.75, 3.05) is 0 Å². The molecule has 0 nitrogen and oxygen atoms in total. The molecular formula is C54H40Cl2P2Ti. The SMILES string of the molecule is C1=C(P(c2ccccc2)c2ccccc2)[CH]([Ti+2][CH]2C(P(c3ccccc3)c3ccccc3)=Cc3c(-c4ccccc4)cccc32)c2cccc(-c3ccccc3)c21.[Cl-].[Cl-]. The minimum absolute atomic E-state index is 0. The van der Waals surface area contributed by atoms with Gasteiger partial charge in [0.05, 0.1) is 0 Å². The third-order valence-corrected chi connectivity index (χ3v) is 20.0. The maximum atomic E-state index is 2.63. The van der Waals surface area contributed by atoms with Crippen LogP contribution in [0.15, 0.2) is 229 Å². The fraction of sp³-hybridized carbons (Fsp3) is 0.0370. The smallest absolute Gasteiger partial charge is 1.00 e. The number of fused-ring (bicyclic) bond motifs is 2. The second-order valence-electron chi connectivity index (χ2n) is 14.5. The van der Waals surface area contributed by atoms with Gasteiger partial charge in [-0.25, -0.2) is 0 Å². The molecule has 0 saturated heterocycles. The van der Waals surface area contributed by atoms with Crippen molar-refractivity contribution in [1.29, 1.82) is 0 Å². The fourth-order valence-corrected chi connectivity index (χ4v) is 18.1. The van der Waals surface area contributed by atoms with E-state index in [0.717, 1.165) is 0 Å². The number of allylic oxidation sites excluding steroid dienone is 2. The molecular weight excluding hydrogens is 829 g/mol. The normalized spacial score (nSPS) is 14.9. The van der Waals surface area contributed by atoms with E-state index in [-0.39, 0.29) is 24.8 Å². The van der Waals surface area contributed by atoms with Crippen molar-refractivity contribution in [3.63, 3.8) is 0 Å². The molecule has 8 aromatic rings. The first-order chi connectivity index (χ1) is 28.3. The minimum Gasteiger partial charge on any atom is -1.00 e. The zero-order valence-electron chi connectivity index (χ0n) is 32.2. The van der Waals surface area contributed by atoms with Crippen LogP contribution in [-0.2, 0) is 19.2 Å². The van der Waals surface area contributed by atoms with Gasteiger partial charge in [-0.3, -0.25) is 0 Å². The molecule has 10 rings (SSSR count). The first-order valence-electron chi connectivity index (χ1n) is 19.7. The van der Waals surface area contributed by atoms with Crippen molar-refractivity contribution in [2.24, 2.45) is 0 Å². The Labute approximate surface area is 372 Å². The summed E-state index contributed by atoms with van der Waals surface area (Å²) in [4.78, 5) is 0. The Morgan fingerprint density at radius 3 is 0.898 bits per heavy atom. The van der Waals surface area contributed by atoms with Crippen LogP contribution < -0.4 is 46.0 Å². The van der Waals surface area contributed by atoms with E-state index in [4.69, 9.17) is 0 Å². The van der Waals surface area contributed by atoms with Crippen molar-refractivity contribution in [3.8, 4) is 22.3 Å². The molecule has 0 N–H and O–H groups in total. The van der Waals surface area contributed by atoms with E-state index >= 15 is 0 Å². The van der Waals surface area contributed by atoms with Gasteiger partial charge in [0.1, 0.15) is 0 Å². The van der Waals surface area contributed by atoms with E-state index in [0.29, 0.717) is 8.45 Å². The van der Waals surface area contributed by atoms with Crippen LogP contribution in [0, 0.1) is 0 Å². The van der Waals surface area contributed by atoms with Gasteiger partial charge in [-0.05, 0) is 0 Å². The van der Waals surface area contributed by atoms with Crippen LogP contribution in [0.1, 0.15) is 30.7 Å². The van der Waals surface area contributed by atoms with Crippen LogP contribution in [0.3, 0.4) is 0 Å². The molecule has 5 heteroatoms. The number of halogens is 2. The van der Waals surface area contributed by atoms with Crippen LogP contribution in [-0.4, -0.2) is 0 Å². The van der Waals surface area contributed by atoms with Gasteiger partial charge in [0.25, 0.3) is 0 Å². The van der Waals surface area contributed by atoms with Crippen molar-refractivity contribution < 1.29 is 44.0 Å². The Morgan fingerprint density at radius 1 is 0.305 bits per heavy atom. The van der Waals surface area contributed by atoms with E-state index in [2.05, 4.69) is 231 Å². The van der Waals surface area contributed by atoms with Crippen LogP contribution in [0.4, 0.5) is 0 Å². The second kappa shape index (κ2) is 18.8. The summed E-state index contributed by atoms with van der Waals surface area (Å²) in [6.07, 6.45) is 5.27. The molecule has 0 bridgehead atoms. The van der Waals surface area contributed by atoms with Gasteiger partial charge >= 0.3 is 350 Å². The van der Waals surface area contributed by atoms with E-state index in [1.807, 2.05) is 0 Å². The van der Waals surface area contributed by atoms with Crippen LogP contribution in [0.2, 0.25) is 0 Å². The first kappa shape index (κ1) is 41.1. The first-order valence-corrected chi connectivity index (χ1v) is 24.2. The van der Waals surface area contributed by atoms with E-state index in [9.17, 15) is 0 Å². The van der Waals surface area contributed by atoms with Crippen molar-refractivity contribution in [3.05, 3.63) is 251 Å². The number of hydrogen-bond donors (Lipinski definition) is 0. The van der Waals surface area contributed by atoms with Gasteiger partial charge in [0.15, 0.2) is 0 Å². The van der Waals surface area contributed by atoms with Crippen LogP contribution in [0.25, 0.3) is 34.4 Å². The summed E-state index contributed by atoms with van der Waals surface area (Å²) in [5, 5.41) is 8.86. The molecule has 8 aromatic carbocycles. The Hall–Kier alpha value is -4.61. The standard InChI is InChI=1S/2C27H20P.2ClH.Ti/c2*1-4-11-21(12-5-1)26-18-10-13-22-19-25(20-27(22)26)28(23-14-6-2-7-15-23)24-16-8-3-9-17-24;;;/h2*1-20H;2*1H;/q;;;;+2/p-2. The molecule has 0 radical (unpaired) electrons. The maximum Gasteiger partial charge on any atom is -1.00 e. The van der Waals surface area contributed by atoms with Gasteiger partial charge < -0.3 is 24.8 Å². The molecule has 0 spiro atoms. The zero-order valence-corrected chi connectivity index (χ0v) is 37.1. The summed E-state index contributed by atoms with van der Waals surface area (Å²) < 4.78 is 0.691. The van der Waals surface area contributed by atoms with Crippen LogP contribution >= 0.6 is 15.8 Å². The Bertz CT molecular complexity index is 2440. The third kappa shape index (κ3) is 8.17. The monoisotopic (exact) mass is 868 g/mol. The van der Waals surface area contributed by atoms with Crippen molar-refractivity contribution >= 4 is 49.2 Å². The van der Waals surface area contributed by atoms with Gasteiger partial charge in [0.2, 0.25) is 0 Å². The molecule has 0 amide bonds. The summed E-state index contributed by atoms with van der Waals surface area (Å²) in [7, 11) is -1.58. The predicted octanol–water partition coefficient (Wildman–Crippen LogP) is 6.87.